The molecule has 0 amide bonds. The molecular formula is C13H19ClF3N3. The second kappa shape index (κ2) is 7.13. The fraction of sp³-hybridized carbons (Fsp3) is 0.615. The fourth-order valence-electron chi connectivity index (χ4n) is 2.13. The molecule has 0 fully saturated rings. The van der Waals surface area contributed by atoms with Crippen molar-refractivity contribution < 1.29 is 13.2 Å². The third-order valence-electron chi connectivity index (χ3n) is 3.17. The van der Waals surface area contributed by atoms with Gasteiger partial charge in [0.15, 0.2) is 0 Å². The number of alkyl halides is 3. The highest BCUT2D eigenvalue weighted by Crippen LogP contribution is 2.34. The van der Waals surface area contributed by atoms with Crippen LogP contribution in [0.3, 0.4) is 0 Å². The van der Waals surface area contributed by atoms with Crippen molar-refractivity contribution in [1.82, 2.24) is 4.98 Å². The van der Waals surface area contributed by atoms with E-state index in [0.29, 0.717) is 18.9 Å². The first-order valence-corrected chi connectivity index (χ1v) is 6.92. The molecule has 1 aromatic heterocycles. The third-order valence-corrected chi connectivity index (χ3v) is 3.45. The molecule has 1 rings (SSSR count). The van der Waals surface area contributed by atoms with Crippen LogP contribution in [0.5, 0.6) is 0 Å². The molecule has 3 nitrogen and oxygen atoms in total. The largest absolute Gasteiger partial charge is 0.417 e. The van der Waals surface area contributed by atoms with Gasteiger partial charge >= 0.3 is 6.18 Å². The van der Waals surface area contributed by atoms with Crippen molar-refractivity contribution in [2.45, 2.75) is 38.9 Å². The minimum absolute atomic E-state index is 0.000162. The van der Waals surface area contributed by atoms with Gasteiger partial charge in [0.1, 0.15) is 5.82 Å². The van der Waals surface area contributed by atoms with Crippen molar-refractivity contribution >= 4 is 17.4 Å². The maximum atomic E-state index is 12.6. The lowest BCUT2D eigenvalue weighted by Gasteiger charge is -2.32. The summed E-state index contributed by atoms with van der Waals surface area (Å²) in [7, 11) is 0. The quantitative estimate of drug-likeness (QED) is 0.871. The van der Waals surface area contributed by atoms with Crippen LogP contribution in [-0.2, 0) is 6.18 Å². The highest BCUT2D eigenvalue weighted by Gasteiger charge is 2.32. The Hall–Kier alpha value is -1.01. The summed E-state index contributed by atoms with van der Waals surface area (Å²) in [6.45, 7) is 4.91. The molecule has 0 radical (unpaired) electrons. The Morgan fingerprint density at radius 2 is 1.95 bits per heavy atom. The molecule has 0 saturated carbocycles. The van der Waals surface area contributed by atoms with Crippen LogP contribution in [0, 0.1) is 0 Å². The van der Waals surface area contributed by atoms with Gasteiger partial charge in [-0.25, -0.2) is 4.98 Å². The number of aromatic nitrogens is 1. The van der Waals surface area contributed by atoms with E-state index in [1.165, 1.54) is 0 Å². The van der Waals surface area contributed by atoms with Crippen molar-refractivity contribution in [3.8, 4) is 0 Å². The molecule has 1 aromatic rings. The molecule has 0 saturated heterocycles. The van der Waals surface area contributed by atoms with Gasteiger partial charge in [0.05, 0.1) is 10.6 Å². The summed E-state index contributed by atoms with van der Waals surface area (Å²) < 4.78 is 37.8. The van der Waals surface area contributed by atoms with Gasteiger partial charge in [0.2, 0.25) is 0 Å². The first kappa shape index (κ1) is 17.0. The van der Waals surface area contributed by atoms with Crippen molar-refractivity contribution in [2.24, 2.45) is 5.73 Å². The highest BCUT2D eigenvalue weighted by molar-refractivity contribution is 6.33. The second-order valence-corrected chi connectivity index (χ2v) is 4.89. The first-order chi connectivity index (χ1) is 9.35. The van der Waals surface area contributed by atoms with E-state index in [9.17, 15) is 13.2 Å². The maximum Gasteiger partial charge on any atom is 0.417 e. The zero-order chi connectivity index (χ0) is 15.3. The summed E-state index contributed by atoms with van der Waals surface area (Å²) in [6, 6.07) is 1.07. The van der Waals surface area contributed by atoms with Crippen LogP contribution in [0.2, 0.25) is 5.02 Å². The SMILES string of the molecule is CCC(CC)N(CCN)c1ncc(C(F)(F)F)cc1Cl. The molecule has 0 aliphatic carbocycles. The van der Waals surface area contributed by atoms with E-state index in [1.54, 1.807) is 0 Å². The Labute approximate surface area is 121 Å². The van der Waals surface area contributed by atoms with Crippen LogP contribution < -0.4 is 10.6 Å². The van der Waals surface area contributed by atoms with Crippen molar-refractivity contribution in [3.63, 3.8) is 0 Å². The summed E-state index contributed by atoms with van der Waals surface area (Å²) in [5.74, 6) is 0.360. The Morgan fingerprint density at radius 3 is 2.35 bits per heavy atom. The fourth-order valence-corrected chi connectivity index (χ4v) is 2.40. The van der Waals surface area contributed by atoms with Gasteiger partial charge in [-0.15, -0.1) is 0 Å². The van der Waals surface area contributed by atoms with E-state index in [-0.39, 0.29) is 11.1 Å². The van der Waals surface area contributed by atoms with E-state index < -0.39 is 11.7 Å². The number of nitrogens with zero attached hydrogens (tertiary/aromatic N) is 2. The summed E-state index contributed by atoms with van der Waals surface area (Å²) in [4.78, 5) is 5.78. The second-order valence-electron chi connectivity index (χ2n) is 4.48. The molecule has 114 valence electrons. The topological polar surface area (TPSA) is 42.1 Å². The van der Waals surface area contributed by atoms with Gasteiger partial charge in [-0.2, -0.15) is 13.2 Å². The number of anilines is 1. The van der Waals surface area contributed by atoms with E-state index in [4.69, 9.17) is 17.3 Å². The molecule has 0 aliphatic heterocycles. The number of pyridine rings is 1. The number of halogens is 4. The molecule has 0 spiro atoms. The predicted molar refractivity (Wildman–Crippen MR) is 75.0 cm³/mol. The molecule has 7 heteroatoms. The first-order valence-electron chi connectivity index (χ1n) is 6.54. The van der Waals surface area contributed by atoms with E-state index in [2.05, 4.69) is 4.98 Å². The molecule has 1 heterocycles. The smallest absolute Gasteiger partial charge is 0.351 e. The Bertz CT molecular complexity index is 433. The highest BCUT2D eigenvalue weighted by atomic mass is 35.5. The average molecular weight is 310 g/mol. The van der Waals surface area contributed by atoms with Crippen molar-refractivity contribution in [3.05, 3.63) is 22.8 Å². The minimum Gasteiger partial charge on any atom is -0.351 e. The lowest BCUT2D eigenvalue weighted by Crippen LogP contribution is -2.39. The average Bonchev–Trinajstić information content (AvgIpc) is 2.38. The van der Waals surface area contributed by atoms with Crippen LogP contribution in [0.25, 0.3) is 0 Å². The zero-order valence-electron chi connectivity index (χ0n) is 11.5. The summed E-state index contributed by atoms with van der Waals surface area (Å²) in [5.41, 5.74) is 4.73. The lowest BCUT2D eigenvalue weighted by atomic mass is 10.1. The van der Waals surface area contributed by atoms with E-state index >= 15 is 0 Å². The Kier molecular flexibility index (Phi) is 6.07. The molecule has 0 unspecified atom stereocenters. The van der Waals surface area contributed by atoms with Gasteiger partial charge in [-0.1, -0.05) is 25.4 Å². The Balaban J connectivity index is 3.15. The molecule has 2 N–H and O–H groups in total. The van der Waals surface area contributed by atoms with Gasteiger partial charge in [-0.3, -0.25) is 0 Å². The van der Waals surface area contributed by atoms with Crippen LogP contribution in [-0.4, -0.2) is 24.1 Å². The zero-order valence-corrected chi connectivity index (χ0v) is 12.3. The normalized spacial score (nSPS) is 12.0. The van der Waals surface area contributed by atoms with Gasteiger partial charge in [-0.05, 0) is 18.9 Å². The van der Waals surface area contributed by atoms with Gasteiger partial charge in [0, 0.05) is 25.3 Å². The number of rotatable bonds is 6. The molecule has 0 aromatic carbocycles. The summed E-state index contributed by atoms with van der Waals surface area (Å²) in [6.07, 6.45) is -1.94. The predicted octanol–water partition coefficient (Wildman–Crippen LogP) is 3.71. The number of hydrogen-bond acceptors (Lipinski definition) is 3. The molecule has 0 atom stereocenters. The van der Waals surface area contributed by atoms with E-state index in [0.717, 1.165) is 25.1 Å². The van der Waals surface area contributed by atoms with E-state index in [1.807, 2.05) is 18.7 Å². The molecule has 0 bridgehead atoms. The Morgan fingerprint density at radius 1 is 1.35 bits per heavy atom. The third kappa shape index (κ3) is 3.99. The lowest BCUT2D eigenvalue weighted by molar-refractivity contribution is -0.137. The molecule has 0 aliphatic rings. The van der Waals surface area contributed by atoms with Crippen molar-refractivity contribution in [1.29, 1.82) is 0 Å². The minimum atomic E-state index is -4.44. The number of hydrogen-bond donors (Lipinski definition) is 1. The van der Waals surface area contributed by atoms with Crippen molar-refractivity contribution in [2.75, 3.05) is 18.0 Å². The molecule has 20 heavy (non-hydrogen) atoms. The van der Waals surface area contributed by atoms with Gasteiger partial charge < -0.3 is 10.6 Å². The van der Waals surface area contributed by atoms with Crippen LogP contribution in [0.1, 0.15) is 32.3 Å². The van der Waals surface area contributed by atoms with Crippen LogP contribution in [0.15, 0.2) is 12.3 Å². The molecular weight excluding hydrogens is 291 g/mol. The summed E-state index contributed by atoms with van der Waals surface area (Å²) >= 11 is 5.98. The van der Waals surface area contributed by atoms with Crippen LogP contribution in [0.4, 0.5) is 19.0 Å². The maximum absolute atomic E-state index is 12.6. The van der Waals surface area contributed by atoms with Gasteiger partial charge in [0.25, 0.3) is 0 Å². The van der Waals surface area contributed by atoms with Crippen LogP contribution >= 0.6 is 11.6 Å². The summed E-state index contributed by atoms with van der Waals surface area (Å²) in [5, 5.41) is 0.000162. The number of nitrogens with two attached hydrogens (primary N) is 1. The monoisotopic (exact) mass is 309 g/mol. The standard InChI is InChI=1S/C13H19ClF3N3/c1-3-10(4-2)20(6-5-18)12-11(14)7-9(8-19-12)13(15,16)17/h7-8,10H,3-6,18H2,1-2H3.